The molecule has 0 bridgehead atoms. The van der Waals surface area contributed by atoms with E-state index in [2.05, 4.69) is 6.58 Å². The Labute approximate surface area is 81.8 Å². The number of hydrogen-bond acceptors (Lipinski definition) is 1. The van der Waals surface area contributed by atoms with Crippen molar-refractivity contribution in [1.82, 2.24) is 0 Å². The Morgan fingerprint density at radius 1 is 1.50 bits per heavy atom. The highest BCUT2D eigenvalue weighted by Gasteiger charge is 2.02. The lowest BCUT2D eigenvalue weighted by atomic mass is 10.1. The molecule has 1 rings (SSSR count). The Morgan fingerprint density at radius 3 is 2.67 bits per heavy atom. The van der Waals surface area contributed by atoms with Crippen LogP contribution in [0.15, 0.2) is 24.8 Å². The number of allylic oxidation sites excluding steroid dienone is 1. The fourth-order valence-corrected chi connectivity index (χ4v) is 1.25. The van der Waals surface area contributed by atoms with Crippen LogP contribution in [-0.2, 0) is 0 Å². The SMILES string of the molecule is C=C(CCl)c1ccc(Cl)cc1N. The summed E-state index contributed by atoms with van der Waals surface area (Å²) < 4.78 is 0. The highest BCUT2D eigenvalue weighted by atomic mass is 35.5. The van der Waals surface area contributed by atoms with E-state index in [4.69, 9.17) is 28.9 Å². The first-order valence-electron chi connectivity index (χ1n) is 3.44. The summed E-state index contributed by atoms with van der Waals surface area (Å²) in [5, 5.41) is 0.624. The van der Waals surface area contributed by atoms with Crippen molar-refractivity contribution in [3.63, 3.8) is 0 Å². The summed E-state index contributed by atoms with van der Waals surface area (Å²) >= 11 is 11.3. The van der Waals surface area contributed by atoms with Crippen molar-refractivity contribution in [3.8, 4) is 0 Å². The van der Waals surface area contributed by atoms with Crippen LogP contribution in [0.4, 0.5) is 5.69 Å². The van der Waals surface area contributed by atoms with E-state index in [0.29, 0.717) is 16.6 Å². The van der Waals surface area contributed by atoms with Crippen molar-refractivity contribution >= 4 is 34.5 Å². The summed E-state index contributed by atoms with van der Waals surface area (Å²) in [5.74, 6) is 0.381. The molecule has 0 fully saturated rings. The number of alkyl halides is 1. The topological polar surface area (TPSA) is 26.0 Å². The lowest BCUT2D eigenvalue weighted by molar-refractivity contribution is 1.57. The third-order valence-corrected chi connectivity index (χ3v) is 2.11. The summed E-state index contributed by atoms with van der Waals surface area (Å²) in [4.78, 5) is 0. The van der Waals surface area contributed by atoms with Gasteiger partial charge in [0.15, 0.2) is 0 Å². The van der Waals surface area contributed by atoms with E-state index in [-0.39, 0.29) is 0 Å². The molecule has 0 aliphatic rings. The van der Waals surface area contributed by atoms with Gasteiger partial charge in [-0.1, -0.05) is 24.2 Å². The quantitative estimate of drug-likeness (QED) is 0.578. The van der Waals surface area contributed by atoms with Crippen LogP contribution in [0.1, 0.15) is 5.56 Å². The summed E-state index contributed by atoms with van der Waals surface area (Å²) in [6.07, 6.45) is 0. The second-order valence-corrected chi connectivity index (χ2v) is 3.17. The molecule has 0 heterocycles. The predicted octanol–water partition coefficient (Wildman–Crippen LogP) is 3.17. The van der Waals surface area contributed by atoms with E-state index in [9.17, 15) is 0 Å². The minimum atomic E-state index is 0.381. The number of nitrogen functional groups attached to an aromatic ring is 1. The van der Waals surface area contributed by atoms with Crippen molar-refractivity contribution in [2.24, 2.45) is 0 Å². The largest absolute Gasteiger partial charge is 0.398 e. The van der Waals surface area contributed by atoms with E-state index in [1.165, 1.54) is 0 Å². The molecule has 3 heteroatoms. The molecule has 0 radical (unpaired) electrons. The number of hydrogen-bond donors (Lipinski definition) is 1. The molecule has 2 N–H and O–H groups in total. The Morgan fingerprint density at radius 2 is 2.17 bits per heavy atom. The fraction of sp³-hybridized carbons (Fsp3) is 0.111. The summed E-state index contributed by atoms with van der Waals surface area (Å²) in [5.41, 5.74) is 7.99. The first-order valence-corrected chi connectivity index (χ1v) is 4.35. The lowest BCUT2D eigenvalue weighted by Crippen LogP contribution is -1.93. The monoisotopic (exact) mass is 201 g/mol. The molecular formula is C9H9Cl2N. The number of halogens is 2. The van der Waals surface area contributed by atoms with Crippen LogP contribution in [0.5, 0.6) is 0 Å². The first-order chi connectivity index (χ1) is 5.65. The van der Waals surface area contributed by atoms with Crippen LogP contribution >= 0.6 is 23.2 Å². The molecule has 12 heavy (non-hydrogen) atoms. The lowest BCUT2D eigenvalue weighted by Gasteiger charge is -2.05. The average Bonchev–Trinajstić information content (AvgIpc) is 2.03. The average molecular weight is 202 g/mol. The van der Waals surface area contributed by atoms with Crippen LogP contribution in [0.2, 0.25) is 5.02 Å². The Kier molecular flexibility index (Phi) is 3.01. The maximum absolute atomic E-state index is 5.72. The van der Waals surface area contributed by atoms with Gasteiger partial charge in [0.25, 0.3) is 0 Å². The van der Waals surface area contributed by atoms with E-state index >= 15 is 0 Å². The van der Waals surface area contributed by atoms with Gasteiger partial charge in [-0.15, -0.1) is 11.6 Å². The van der Waals surface area contributed by atoms with Gasteiger partial charge >= 0.3 is 0 Å². The Bertz CT molecular complexity index is 307. The first kappa shape index (κ1) is 9.43. The molecule has 0 saturated carbocycles. The smallest absolute Gasteiger partial charge is 0.0474 e. The second-order valence-electron chi connectivity index (χ2n) is 2.47. The molecule has 0 spiro atoms. The molecule has 0 unspecified atom stereocenters. The van der Waals surface area contributed by atoms with Crippen molar-refractivity contribution < 1.29 is 0 Å². The zero-order chi connectivity index (χ0) is 9.14. The van der Waals surface area contributed by atoms with Crippen LogP contribution in [0.25, 0.3) is 5.57 Å². The maximum atomic E-state index is 5.72. The molecule has 0 saturated heterocycles. The van der Waals surface area contributed by atoms with Gasteiger partial charge in [-0.25, -0.2) is 0 Å². The molecule has 64 valence electrons. The number of nitrogens with two attached hydrogens (primary N) is 1. The van der Waals surface area contributed by atoms with Gasteiger partial charge in [0, 0.05) is 22.2 Å². The Hall–Kier alpha value is -0.660. The summed E-state index contributed by atoms with van der Waals surface area (Å²) in [7, 11) is 0. The van der Waals surface area contributed by atoms with Crippen molar-refractivity contribution in [2.75, 3.05) is 11.6 Å². The predicted molar refractivity (Wildman–Crippen MR) is 55.6 cm³/mol. The molecule has 0 atom stereocenters. The van der Waals surface area contributed by atoms with E-state index in [0.717, 1.165) is 11.1 Å². The highest BCUT2D eigenvalue weighted by Crippen LogP contribution is 2.24. The maximum Gasteiger partial charge on any atom is 0.0474 e. The Balaban J connectivity index is 3.09. The molecule has 1 aromatic carbocycles. The number of anilines is 1. The minimum Gasteiger partial charge on any atom is -0.398 e. The second kappa shape index (κ2) is 3.83. The van der Waals surface area contributed by atoms with Crippen molar-refractivity contribution in [2.45, 2.75) is 0 Å². The molecule has 0 aromatic heterocycles. The molecule has 1 nitrogen and oxygen atoms in total. The van der Waals surface area contributed by atoms with Crippen molar-refractivity contribution in [1.29, 1.82) is 0 Å². The van der Waals surface area contributed by atoms with Crippen LogP contribution < -0.4 is 5.73 Å². The molecule has 0 aliphatic carbocycles. The van der Waals surface area contributed by atoms with Gasteiger partial charge in [0.1, 0.15) is 0 Å². The molecule has 0 aliphatic heterocycles. The highest BCUT2D eigenvalue weighted by molar-refractivity contribution is 6.31. The standard InChI is InChI=1S/C9H9Cl2N/c1-6(5-10)8-3-2-7(11)4-9(8)12/h2-4H,1,5,12H2. The zero-order valence-electron chi connectivity index (χ0n) is 6.48. The van der Waals surface area contributed by atoms with Crippen LogP contribution in [0, 0.1) is 0 Å². The van der Waals surface area contributed by atoms with Gasteiger partial charge in [-0.3, -0.25) is 0 Å². The molecule has 1 aromatic rings. The van der Waals surface area contributed by atoms with Gasteiger partial charge in [-0.05, 0) is 17.7 Å². The van der Waals surface area contributed by atoms with E-state index in [1.54, 1.807) is 12.1 Å². The minimum absolute atomic E-state index is 0.381. The van der Waals surface area contributed by atoms with Crippen molar-refractivity contribution in [3.05, 3.63) is 35.4 Å². The summed E-state index contributed by atoms with van der Waals surface area (Å²) in [6, 6.07) is 5.28. The van der Waals surface area contributed by atoms with Gasteiger partial charge in [0.2, 0.25) is 0 Å². The third kappa shape index (κ3) is 1.93. The zero-order valence-corrected chi connectivity index (χ0v) is 7.99. The van der Waals surface area contributed by atoms with Crippen LogP contribution in [0.3, 0.4) is 0 Å². The number of rotatable bonds is 2. The number of benzene rings is 1. The van der Waals surface area contributed by atoms with Gasteiger partial charge < -0.3 is 5.73 Å². The van der Waals surface area contributed by atoms with Gasteiger partial charge in [-0.2, -0.15) is 0 Å². The molecular weight excluding hydrogens is 193 g/mol. The third-order valence-electron chi connectivity index (χ3n) is 1.56. The molecule has 0 amide bonds. The van der Waals surface area contributed by atoms with Gasteiger partial charge in [0.05, 0.1) is 0 Å². The normalized spacial score (nSPS) is 9.83. The van der Waals surface area contributed by atoms with Crippen LogP contribution in [-0.4, -0.2) is 5.88 Å². The van der Waals surface area contributed by atoms with E-state index < -0.39 is 0 Å². The van der Waals surface area contributed by atoms with E-state index in [1.807, 2.05) is 6.07 Å². The fourth-order valence-electron chi connectivity index (χ4n) is 0.928. The summed E-state index contributed by atoms with van der Waals surface area (Å²) in [6.45, 7) is 3.78.